The second-order valence-corrected chi connectivity index (χ2v) is 6.45. The van der Waals surface area contributed by atoms with Crippen molar-refractivity contribution in [3.8, 4) is 0 Å². The summed E-state index contributed by atoms with van der Waals surface area (Å²) in [6, 6.07) is -0.157. The Morgan fingerprint density at radius 1 is 1.38 bits per heavy atom. The number of nitrogens with one attached hydrogen (secondary N) is 1. The second kappa shape index (κ2) is 7.58. The molecule has 0 radical (unpaired) electrons. The molecule has 0 spiro atoms. The first-order chi connectivity index (χ1) is 11.6. The van der Waals surface area contributed by atoms with Gasteiger partial charge in [-0.3, -0.25) is 9.69 Å². The van der Waals surface area contributed by atoms with E-state index in [1.165, 1.54) is 0 Å². The predicted octanol–water partition coefficient (Wildman–Crippen LogP) is 0.214. The average molecular weight is 337 g/mol. The van der Waals surface area contributed by atoms with Crippen molar-refractivity contribution in [3.63, 3.8) is 0 Å². The van der Waals surface area contributed by atoms with E-state index in [0.717, 1.165) is 31.9 Å². The molecule has 0 aromatic carbocycles. The van der Waals surface area contributed by atoms with Gasteiger partial charge >= 0.3 is 0 Å². The van der Waals surface area contributed by atoms with Gasteiger partial charge in [-0.1, -0.05) is 12.1 Å². The van der Waals surface area contributed by atoms with Gasteiger partial charge in [0.15, 0.2) is 5.82 Å². The Kier molecular flexibility index (Phi) is 5.47. The average Bonchev–Trinajstić information content (AvgIpc) is 3.10. The zero-order valence-corrected chi connectivity index (χ0v) is 14.7. The maximum Gasteiger partial charge on any atom is 0.243 e. The van der Waals surface area contributed by atoms with E-state index in [9.17, 15) is 4.79 Å². The number of nitrogens with zero attached hydrogens (tertiary/aromatic N) is 4. The highest BCUT2D eigenvalue weighted by atomic mass is 16.5. The molecule has 8 nitrogen and oxygen atoms in total. The molecule has 3 rings (SSSR count). The molecule has 1 unspecified atom stereocenters. The molecule has 2 saturated heterocycles. The summed E-state index contributed by atoms with van der Waals surface area (Å²) in [6.07, 6.45) is 0.696. The predicted molar refractivity (Wildman–Crippen MR) is 87.4 cm³/mol. The zero-order valence-electron chi connectivity index (χ0n) is 14.7. The number of rotatable bonds is 4. The van der Waals surface area contributed by atoms with E-state index in [1.807, 2.05) is 18.7 Å². The number of carbonyl (C=O) groups is 1. The van der Waals surface area contributed by atoms with Gasteiger partial charge in [-0.25, -0.2) is 0 Å². The van der Waals surface area contributed by atoms with Crippen LogP contribution in [0, 0.1) is 0 Å². The third-order valence-corrected chi connectivity index (χ3v) is 4.91. The lowest BCUT2D eigenvalue weighted by Crippen LogP contribution is -2.59. The number of hydrogen-bond donors (Lipinski definition) is 1. The minimum Gasteiger partial charge on any atom is -0.375 e. The Labute approximate surface area is 142 Å². The summed E-state index contributed by atoms with van der Waals surface area (Å²) in [5.74, 6) is 1.53. The number of piperazine rings is 1. The lowest BCUT2D eigenvalue weighted by molar-refractivity contribution is -0.141. The molecule has 0 saturated carbocycles. The van der Waals surface area contributed by atoms with Gasteiger partial charge in [0, 0.05) is 39.1 Å². The molecule has 0 aliphatic carbocycles. The Morgan fingerprint density at radius 3 is 2.75 bits per heavy atom. The van der Waals surface area contributed by atoms with Crippen LogP contribution in [0.2, 0.25) is 0 Å². The number of ether oxygens (including phenoxy) is 1. The topological polar surface area (TPSA) is 83.7 Å². The quantitative estimate of drug-likeness (QED) is 0.841. The molecule has 24 heavy (non-hydrogen) atoms. The fourth-order valence-corrected chi connectivity index (χ4v) is 3.27. The SMILES string of the molecule is CCc1noc(C(C)N2CCN(C(=O)[C@H]3NCCO[C@@H]3C)CC2)n1. The maximum atomic E-state index is 12.7. The van der Waals surface area contributed by atoms with Crippen LogP contribution in [0.3, 0.4) is 0 Å². The summed E-state index contributed by atoms with van der Waals surface area (Å²) < 4.78 is 10.9. The Bertz CT molecular complexity index is 556. The van der Waals surface area contributed by atoms with Gasteiger partial charge in [0.05, 0.1) is 18.8 Å². The first-order valence-electron chi connectivity index (χ1n) is 8.80. The molecule has 2 aliphatic rings. The molecule has 2 fully saturated rings. The van der Waals surface area contributed by atoms with Crippen molar-refractivity contribution in [3.05, 3.63) is 11.7 Å². The van der Waals surface area contributed by atoms with Gasteiger partial charge in [-0.2, -0.15) is 4.98 Å². The van der Waals surface area contributed by atoms with Gasteiger partial charge in [0.2, 0.25) is 11.8 Å². The second-order valence-electron chi connectivity index (χ2n) is 6.45. The van der Waals surface area contributed by atoms with E-state index >= 15 is 0 Å². The molecule has 3 atom stereocenters. The van der Waals surface area contributed by atoms with Crippen LogP contribution in [0.1, 0.15) is 38.5 Å². The smallest absolute Gasteiger partial charge is 0.243 e. The normalized spacial score (nSPS) is 27.2. The Balaban J connectivity index is 1.54. The highest BCUT2D eigenvalue weighted by Gasteiger charge is 2.34. The van der Waals surface area contributed by atoms with Crippen molar-refractivity contribution in [2.24, 2.45) is 0 Å². The third kappa shape index (κ3) is 3.60. The highest BCUT2D eigenvalue weighted by molar-refractivity contribution is 5.82. The molecule has 0 bridgehead atoms. The van der Waals surface area contributed by atoms with Crippen molar-refractivity contribution >= 4 is 5.91 Å². The van der Waals surface area contributed by atoms with Crippen LogP contribution in [0.4, 0.5) is 0 Å². The van der Waals surface area contributed by atoms with Crippen LogP contribution in [-0.4, -0.2) is 77.3 Å². The third-order valence-electron chi connectivity index (χ3n) is 4.91. The Hall–Kier alpha value is -1.51. The molecule has 1 amide bonds. The summed E-state index contributed by atoms with van der Waals surface area (Å²) in [6.45, 7) is 10.5. The van der Waals surface area contributed by atoms with Crippen molar-refractivity contribution < 1.29 is 14.1 Å². The van der Waals surface area contributed by atoms with E-state index in [-0.39, 0.29) is 24.1 Å². The van der Waals surface area contributed by atoms with Gasteiger partial charge in [0.1, 0.15) is 6.04 Å². The van der Waals surface area contributed by atoms with E-state index < -0.39 is 0 Å². The lowest BCUT2D eigenvalue weighted by Gasteiger charge is -2.40. The number of aromatic nitrogens is 2. The van der Waals surface area contributed by atoms with E-state index in [0.29, 0.717) is 25.6 Å². The first kappa shape index (κ1) is 17.3. The molecule has 3 heterocycles. The van der Waals surface area contributed by atoms with E-state index in [2.05, 4.69) is 27.3 Å². The number of aryl methyl sites for hydroxylation is 1. The van der Waals surface area contributed by atoms with Crippen LogP contribution >= 0.6 is 0 Å². The number of morpholine rings is 1. The number of hydrogen-bond acceptors (Lipinski definition) is 7. The molecular formula is C16H27N5O3. The Morgan fingerprint density at radius 2 is 2.12 bits per heavy atom. The molecular weight excluding hydrogens is 310 g/mol. The monoisotopic (exact) mass is 337 g/mol. The molecule has 134 valence electrons. The van der Waals surface area contributed by atoms with Gasteiger partial charge < -0.3 is 19.5 Å². The summed E-state index contributed by atoms with van der Waals surface area (Å²) >= 11 is 0. The maximum absolute atomic E-state index is 12.7. The van der Waals surface area contributed by atoms with Crippen molar-refractivity contribution in [1.82, 2.24) is 25.3 Å². The largest absolute Gasteiger partial charge is 0.375 e. The van der Waals surface area contributed by atoms with E-state index in [1.54, 1.807) is 0 Å². The molecule has 1 N–H and O–H groups in total. The van der Waals surface area contributed by atoms with E-state index in [4.69, 9.17) is 9.26 Å². The van der Waals surface area contributed by atoms with Crippen molar-refractivity contribution in [1.29, 1.82) is 0 Å². The number of carbonyl (C=O) groups excluding carboxylic acids is 1. The first-order valence-corrected chi connectivity index (χ1v) is 8.80. The minimum atomic E-state index is -0.231. The summed E-state index contributed by atoms with van der Waals surface area (Å²) in [5.41, 5.74) is 0. The van der Waals surface area contributed by atoms with Crippen LogP contribution in [0.15, 0.2) is 4.52 Å². The summed E-state index contributed by atoms with van der Waals surface area (Å²) in [7, 11) is 0. The van der Waals surface area contributed by atoms with Crippen molar-refractivity contribution in [2.45, 2.75) is 45.4 Å². The summed E-state index contributed by atoms with van der Waals surface area (Å²) in [5, 5.41) is 7.24. The van der Waals surface area contributed by atoms with Gasteiger partial charge in [-0.05, 0) is 13.8 Å². The molecule has 1 aromatic rings. The minimum absolute atomic E-state index is 0.0742. The fourth-order valence-electron chi connectivity index (χ4n) is 3.27. The van der Waals surface area contributed by atoms with Crippen LogP contribution < -0.4 is 5.32 Å². The summed E-state index contributed by atoms with van der Waals surface area (Å²) in [4.78, 5) is 21.3. The molecule has 1 aromatic heterocycles. The van der Waals surface area contributed by atoms with Gasteiger partial charge in [-0.15, -0.1) is 0 Å². The number of amides is 1. The van der Waals surface area contributed by atoms with Crippen molar-refractivity contribution in [2.75, 3.05) is 39.3 Å². The zero-order chi connectivity index (χ0) is 17.1. The van der Waals surface area contributed by atoms with Crippen LogP contribution in [-0.2, 0) is 16.0 Å². The fraction of sp³-hybridized carbons (Fsp3) is 0.812. The van der Waals surface area contributed by atoms with Crippen LogP contribution in [0.5, 0.6) is 0 Å². The molecule has 2 aliphatic heterocycles. The lowest BCUT2D eigenvalue weighted by atomic mass is 10.1. The molecule has 8 heteroatoms. The standard InChI is InChI=1S/C16H27N5O3/c1-4-13-18-15(24-19-13)11(2)20-6-8-21(9-7-20)16(22)14-12(3)23-10-5-17-14/h11-12,14,17H,4-10H2,1-3H3/t11?,12-,14+/m1/s1. The highest BCUT2D eigenvalue weighted by Crippen LogP contribution is 2.21. The van der Waals surface area contributed by atoms with Crippen LogP contribution in [0.25, 0.3) is 0 Å². The van der Waals surface area contributed by atoms with Gasteiger partial charge in [0.25, 0.3) is 0 Å².